The van der Waals surface area contributed by atoms with Crippen molar-refractivity contribution >= 4 is 27.4 Å². The van der Waals surface area contributed by atoms with Gasteiger partial charge in [0, 0.05) is 13.6 Å². The van der Waals surface area contributed by atoms with Crippen molar-refractivity contribution in [3.63, 3.8) is 0 Å². The lowest BCUT2D eigenvalue weighted by Crippen LogP contribution is -2.18. The highest BCUT2D eigenvalue weighted by Crippen LogP contribution is 2.30. The molecule has 0 aliphatic carbocycles. The molecule has 0 bridgehead atoms. The number of aromatic nitrogens is 1. The van der Waals surface area contributed by atoms with Crippen LogP contribution in [0, 0.1) is 6.92 Å². The molecule has 0 aliphatic heterocycles. The summed E-state index contributed by atoms with van der Waals surface area (Å²) >= 11 is 3.56. The number of hydrogen-bond donors (Lipinski definition) is 1. The van der Waals surface area contributed by atoms with Crippen LogP contribution in [0.4, 0.5) is 11.5 Å². The molecule has 0 fully saturated rings. The molecule has 2 N–H and O–H groups in total. The van der Waals surface area contributed by atoms with Crippen LogP contribution in [-0.2, 0) is 6.54 Å². The van der Waals surface area contributed by atoms with Crippen LogP contribution in [0.15, 0.2) is 41.0 Å². The van der Waals surface area contributed by atoms with Crippen LogP contribution in [0.2, 0.25) is 0 Å². The Hall–Kier alpha value is -1.55. The highest BCUT2D eigenvalue weighted by atomic mass is 79.9. The van der Waals surface area contributed by atoms with Gasteiger partial charge >= 0.3 is 0 Å². The topological polar surface area (TPSA) is 42.1 Å². The lowest BCUT2D eigenvalue weighted by Gasteiger charge is -2.21. The quantitative estimate of drug-likeness (QED) is 0.945. The first kappa shape index (κ1) is 12.9. The van der Waals surface area contributed by atoms with E-state index in [9.17, 15) is 0 Å². The third-order valence-corrected chi connectivity index (χ3v) is 3.86. The number of rotatable bonds is 3. The lowest BCUT2D eigenvalue weighted by atomic mass is 10.2. The highest BCUT2D eigenvalue weighted by Gasteiger charge is 2.11. The van der Waals surface area contributed by atoms with E-state index in [2.05, 4.69) is 37.9 Å². The molecule has 0 spiro atoms. The molecule has 1 heterocycles. The maximum atomic E-state index is 5.83. The molecule has 0 atom stereocenters. The van der Waals surface area contributed by atoms with Crippen LogP contribution in [0.3, 0.4) is 0 Å². The average molecular weight is 306 g/mol. The SMILES string of the molecule is Cc1c(N)cnc(N(C)Cc2ccccc2)c1Br. The summed E-state index contributed by atoms with van der Waals surface area (Å²) in [6.07, 6.45) is 1.71. The van der Waals surface area contributed by atoms with Gasteiger partial charge in [-0.05, 0) is 34.0 Å². The molecule has 1 aromatic heterocycles. The van der Waals surface area contributed by atoms with Crippen molar-refractivity contribution in [3.8, 4) is 0 Å². The number of nitrogens with zero attached hydrogens (tertiary/aromatic N) is 2. The lowest BCUT2D eigenvalue weighted by molar-refractivity contribution is 0.892. The summed E-state index contributed by atoms with van der Waals surface area (Å²) in [4.78, 5) is 6.49. The van der Waals surface area contributed by atoms with E-state index in [4.69, 9.17) is 5.73 Å². The number of pyridine rings is 1. The average Bonchev–Trinajstić information content (AvgIpc) is 2.37. The third-order valence-electron chi connectivity index (χ3n) is 2.91. The summed E-state index contributed by atoms with van der Waals surface area (Å²) in [7, 11) is 2.02. The van der Waals surface area contributed by atoms with Crippen LogP contribution >= 0.6 is 15.9 Å². The van der Waals surface area contributed by atoms with Gasteiger partial charge in [0.05, 0.1) is 16.4 Å². The molecular weight excluding hydrogens is 290 g/mol. The number of nitrogen functional groups attached to an aromatic ring is 1. The van der Waals surface area contributed by atoms with Gasteiger partial charge in [-0.3, -0.25) is 0 Å². The first-order chi connectivity index (χ1) is 8.59. The predicted molar refractivity (Wildman–Crippen MR) is 79.6 cm³/mol. The number of halogens is 1. The first-order valence-electron chi connectivity index (χ1n) is 5.75. The summed E-state index contributed by atoms with van der Waals surface area (Å²) < 4.78 is 0.959. The van der Waals surface area contributed by atoms with Crippen molar-refractivity contribution < 1.29 is 0 Å². The van der Waals surface area contributed by atoms with Gasteiger partial charge in [0.25, 0.3) is 0 Å². The normalized spacial score (nSPS) is 10.4. The Morgan fingerprint density at radius 3 is 2.61 bits per heavy atom. The van der Waals surface area contributed by atoms with E-state index in [1.807, 2.05) is 32.2 Å². The Morgan fingerprint density at radius 2 is 1.94 bits per heavy atom. The van der Waals surface area contributed by atoms with E-state index in [-0.39, 0.29) is 0 Å². The van der Waals surface area contributed by atoms with Gasteiger partial charge < -0.3 is 10.6 Å². The number of nitrogens with two attached hydrogens (primary N) is 1. The largest absolute Gasteiger partial charge is 0.397 e. The molecular formula is C14H16BrN3. The van der Waals surface area contributed by atoms with Crippen molar-refractivity contribution in [1.29, 1.82) is 0 Å². The van der Waals surface area contributed by atoms with Gasteiger partial charge in [0.15, 0.2) is 0 Å². The summed E-state index contributed by atoms with van der Waals surface area (Å²) in [5.74, 6) is 0.908. The highest BCUT2D eigenvalue weighted by molar-refractivity contribution is 9.10. The zero-order valence-corrected chi connectivity index (χ0v) is 12.1. The van der Waals surface area contributed by atoms with Crippen molar-refractivity contribution in [1.82, 2.24) is 4.98 Å². The fraction of sp³-hybridized carbons (Fsp3) is 0.214. The molecule has 3 nitrogen and oxygen atoms in total. The van der Waals surface area contributed by atoms with Crippen molar-refractivity contribution in [2.45, 2.75) is 13.5 Å². The monoisotopic (exact) mass is 305 g/mol. The van der Waals surface area contributed by atoms with Crippen molar-refractivity contribution in [2.24, 2.45) is 0 Å². The predicted octanol–water partition coefficient (Wildman–Crippen LogP) is 3.37. The fourth-order valence-electron chi connectivity index (χ4n) is 1.78. The molecule has 0 amide bonds. The second-order valence-corrected chi connectivity index (χ2v) is 5.11. The molecule has 4 heteroatoms. The van der Waals surface area contributed by atoms with Crippen LogP contribution < -0.4 is 10.6 Å². The fourth-order valence-corrected chi connectivity index (χ4v) is 2.41. The Kier molecular flexibility index (Phi) is 3.87. The number of benzene rings is 1. The molecule has 0 radical (unpaired) electrons. The molecule has 0 saturated carbocycles. The molecule has 2 rings (SSSR count). The minimum absolute atomic E-state index is 0.707. The Labute approximate surface area is 116 Å². The Balaban J connectivity index is 2.24. The van der Waals surface area contributed by atoms with E-state index in [1.165, 1.54) is 5.56 Å². The zero-order valence-electron chi connectivity index (χ0n) is 10.5. The van der Waals surface area contributed by atoms with Crippen LogP contribution in [-0.4, -0.2) is 12.0 Å². The van der Waals surface area contributed by atoms with Crippen LogP contribution in [0.25, 0.3) is 0 Å². The molecule has 0 unspecified atom stereocenters. The first-order valence-corrected chi connectivity index (χ1v) is 6.54. The second kappa shape index (κ2) is 5.40. The minimum Gasteiger partial charge on any atom is -0.397 e. The maximum Gasteiger partial charge on any atom is 0.143 e. The van der Waals surface area contributed by atoms with Crippen molar-refractivity contribution in [3.05, 3.63) is 52.1 Å². The molecule has 1 aromatic carbocycles. The van der Waals surface area contributed by atoms with E-state index in [0.717, 1.165) is 22.4 Å². The Morgan fingerprint density at radius 1 is 1.28 bits per heavy atom. The van der Waals surface area contributed by atoms with Gasteiger partial charge in [0.1, 0.15) is 5.82 Å². The van der Waals surface area contributed by atoms with Crippen LogP contribution in [0.5, 0.6) is 0 Å². The molecule has 94 valence electrons. The van der Waals surface area contributed by atoms with Gasteiger partial charge in [-0.2, -0.15) is 0 Å². The van der Waals surface area contributed by atoms with Gasteiger partial charge in [-0.1, -0.05) is 30.3 Å². The summed E-state index contributed by atoms with van der Waals surface area (Å²) in [5.41, 5.74) is 8.82. The maximum absolute atomic E-state index is 5.83. The van der Waals surface area contributed by atoms with Crippen LogP contribution in [0.1, 0.15) is 11.1 Å². The van der Waals surface area contributed by atoms with Gasteiger partial charge in [-0.25, -0.2) is 4.98 Å². The molecule has 0 aliphatic rings. The van der Waals surface area contributed by atoms with Gasteiger partial charge in [0.2, 0.25) is 0 Å². The second-order valence-electron chi connectivity index (χ2n) is 4.32. The number of anilines is 2. The standard InChI is InChI=1S/C14H16BrN3/c1-10-12(16)8-17-14(13(10)15)18(2)9-11-6-4-3-5-7-11/h3-8H,9,16H2,1-2H3. The van der Waals surface area contributed by atoms with Crippen molar-refractivity contribution in [2.75, 3.05) is 17.7 Å². The summed E-state index contributed by atoms with van der Waals surface area (Å²) in [5, 5.41) is 0. The molecule has 0 saturated heterocycles. The molecule has 18 heavy (non-hydrogen) atoms. The Bertz CT molecular complexity index is 540. The van der Waals surface area contributed by atoms with E-state index < -0.39 is 0 Å². The summed E-state index contributed by atoms with van der Waals surface area (Å²) in [6, 6.07) is 10.3. The smallest absolute Gasteiger partial charge is 0.143 e. The number of hydrogen-bond acceptors (Lipinski definition) is 3. The zero-order chi connectivity index (χ0) is 13.1. The molecule has 2 aromatic rings. The third kappa shape index (κ3) is 2.64. The minimum atomic E-state index is 0.707. The van der Waals surface area contributed by atoms with E-state index in [1.54, 1.807) is 6.20 Å². The van der Waals surface area contributed by atoms with E-state index >= 15 is 0 Å². The van der Waals surface area contributed by atoms with Gasteiger partial charge in [-0.15, -0.1) is 0 Å². The summed E-state index contributed by atoms with van der Waals surface area (Å²) in [6.45, 7) is 2.80. The van der Waals surface area contributed by atoms with E-state index in [0.29, 0.717) is 5.69 Å².